The Morgan fingerprint density at radius 3 is 2.74 bits per heavy atom. The molecule has 19 heavy (non-hydrogen) atoms. The van der Waals surface area contributed by atoms with Crippen LogP contribution >= 0.6 is 27.5 Å². The zero-order chi connectivity index (χ0) is 14.0. The molecule has 0 amide bonds. The summed E-state index contributed by atoms with van der Waals surface area (Å²) < 4.78 is 39.7. The summed E-state index contributed by atoms with van der Waals surface area (Å²) >= 11 is 9.31. The number of likely N-dealkylation sites (tertiary alicyclic amines) is 1. The minimum Gasteiger partial charge on any atom is -0.288 e. The maximum atomic E-state index is 13.0. The summed E-state index contributed by atoms with van der Waals surface area (Å²) in [6, 6.07) is 3.94. The number of halogens is 5. The Kier molecular flexibility index (Phi) is 4.79. The van der Waals surface area contributed by atoms with Crippen LogP contribution in [0.4, 0.5) is 13.2 Å². The number of hydrogen-bond acceptors (Lipinski definition) is 1. The number of benzene rings is 1. The van der Waals surface area contributed by atoms with E-state index < -0.39 is 12.2 Å². The van der Waals surface area contributed by atoms with E-state index >= 15 is 0 Å². The van der Waals surface area contributed by atoms with Crippen molar-refractivity contribution >= 4 is 27.5 Å². The van der Waals surface area contributed by atoms with Gasteiger partial charge in [0.15, 0.2) is 0 Å². The van der Waals surface area contributed by atoms with Crippen molar-refractivity contribution in [1.29, 1.82) is 0 Å². The van der Waals surface area contributed by atoms with Crippen molar-refractivity contribution in [2.45, 2.75) is 38.0 Å². The van der Waals surface area contributed by atoms with Crippen LogP contribution in [0.2, 0.25) is 5.02 Å². The lowest BCUT2D eigenvalue weighted by molar-refractivity contribution is -0.192. The molecule has 0 radical (unpaired) electrons. The maximum absolute atomic E-state index is 13.0. The molecule has 1 unspecified atom stereocenters. The van der Waals surface area contributed by atoms with E-state index in [1.165, 1.54) is 4.90 Å². The lowest BCUT2D eigenvalue weighted by Crippen LogP contribution is -2.48. The first-order valence-electron chi connectivity index (χ1n) is 6.13. The van der Waals surface area contributed by atoms with Crippen molar-refractivity contribution in [3.8, 4) is 0 Å². The second-order valence-electron chi connectivity index (χ2n) is 4.74. The van der Waals surface area contributed by atoms with Crippen LogP contribution in [0.1, 0.15) is 24.8 Å². The highest BCUT2D eigenvalue weighted by atomic mass is 79.9. The van der Waals surface area contributed by atoms with Gasteiger partial charge < -0.3 is 0 Å². The molecular weight excluding hydrogens is 343 g/mol. The molecule has 0 spiro atoms. The van der Waals surface area contributed by atoms with Gasteiger partial charge in [0.2, 0.25) is 0 Å². The van der Waals surface area contributed by atoms with Crippen molar-refractivity contribution in [3.05, 3.63) is 33.3 Å². The minimum atomic E-state index is -4.16. The summed E-state index contributed by atoms with van der Waals surface area (Å²) in [5.41, 5.74) is 0.795. The molecule has 6 heteroatoms. The van der Waals surface area contributed by atoms with Crippen molar-refractivity contribution in [1.82, 2.24) is 4.90 Å². The second kappa shape index (κ2) is 6.02. The van der Waals surface area contributed by atoms with Crippen LogP contribution in [0.15, 0.2) is 22.7 Å². The number of rotatable bonds is 2. The van der Waals surface area contributed by atoms with Gasteiger partial charge in [-0.15, -0.1) is 0 Å². The molecule has 0 bridgehead atoms. The number of piperidine rings is 1. The van der Waals surface area contributed by atoms with E-state index in [1.807, 2.05) is 0 Å². The fraction of sp³-hybridized carbons (Fsp3) is 0.538. The summed E-state index contributed by atoms with van der Waals surface area (Å²) in [6.07, 6.45) is -2.53. The first kappa shape index (κ1) is 15.1. The van der Waals surface area contributed by atoms with Gasteiger partial charge in [-0.2, -0.15) is 13.2 Å². The van der Waals surface area contributed by atoms with Crippen molar-refractivity contribution < 1.29 is 13.2 Å². The fourth-order valence-electron chi connectivity index (χ4n) is 2.44. The van der Waals surface area contributed by atoms with E-state index in [4.69, 9.17) is 11.6 Å². The minimum absolute atomic E-state index is 0.182. The molecule has 1 nitrogen and oxygen atoms in total. The molecule has 106 valence electrons. The second-order valence-corrected chi connectivity index (χ2v) is 5.94. The van der Waals surface area contributed by atoms with Crippen LogP contribution in [-0.4, -0.2) is 23.7 Å². The fourth-order valence-corrected chi connectivity index (χ4v) is 3.02. The molecule has 0 saturated carbocycles. The van der Waals surface area contributed by atoms with E-state index in [2.05, 4.69) is 15.9 Å². The number of nitrogens with zero attached hydrogens (tertiary/aromatic N) is 1. The van der Waals surface area contributed by atoms with Gasteiger partial charge in [-0.05, 0) is 46.9 Å². The van der Waals surface area contributed by atoms with Crippen molar-refractivity contribution in [2.75, 3.05) is 6.54 Å². The van der Waals surface area contributed by atoms with Crippen LogP contribution in [-0.2, 0) is 6.54 Å². The topological polar surface area (TPSA) is 3.24 Å². The van der Waals surface area contributed by atoms with Crippen LogP contribution in [0, 0.1) is 0 Å². The van der Waals surface area contributed by atoms with Crippen LogP contribution in [0.25, 0.3) is 0 Å². The quantitative estimate of drug-likeness (QED) is 0.719. The molecule has 0 N–H and O–H groups in total. The molecule has 1 aliphatic heterocycles. The van der Waals surface area contributed by atoms with Gasteiger partial charge in [-0.1, -0.05) is 30.2 Å². The molecule has 1 fully saturated rings. The molecule has 1 aliphatic rings. The maximum Gasteiger partial charge on any atom is 0.404 e. The number of alkyl halides is 3. The van der Waals surface area contributed by atoms with Crippen LogP contribution in [0.3, 0.4) is 0 Å². The Morgan fingerprint density at radius 1 is 1.32 bits per heavy atom. The number of hydrogen-bond donors (Lipinski definition) is 0. The first-order chi connectivity index (χ1) is 8.89. The Hall–Kier alpha value is -0.260. The SMILES string of the molecule is FC(F)(F)C1CCCCN1Cc1cccc(Cl)c1Br. The zero-order valence-electron chi connectivity index (χ0n) is 10.2. The highest BCUT2D eigenvalue weighted by molar-refractivity contribution is 9.10. The highest BCUT2D eigenvalue weighted by Crippen LogP contribution is 2.34. The largest absolute Gasteiger partial charge is 0.404 e. The van der Waals surface area contributed by atoms with Crippen molar-refractivity contribution in [3.63, 3.8) is 0 Å². The third kappa shape index (κ3) is 3.64. The molecule has 1 heterocycles. The highest BCUT2D eigenvalue weighted by Gasteiger charge is 2.44. The predicted molar refractivity (Wildman–Crippen MR) is 73.3 cm³/mol. The first-order valence-corrected chi connectivity index (χ1v) is 7.30. The summed E-state index contributed by atoms with van der Waals surface area (Å²) in [4.78, 5) is 1.50. The normalized spacial score (nSPS) is 21.6. The van der Waals surface area contributed by atoms with E-state index in [1.54, 1.807) is 18.2 Å². The van der Waals surface area contributed by atoms with Crippen LogP contribution < -0.4 is 0 Å². The van der Waals surface area contributed by atoms with Gasteiger partial charge in [-0.25, -0.2) is 0 Å². The van der Waals surface area contributed by atoms with Gasteiger partial charge in [-0.3, -0.25) is 4.90 Å². The Morgan fingerprint density at radius 2 is 2.05 bits per heavy atom. The van der Waals surface area contributed by atoms with Gasteiger partial charge in [0.05, 0.1) is 5.02 Å². The molecule has 1 saturated heterocycles. The van der Waals surface area contributed by atoms with Gasteiger partial charge in [0, 0.05) is 11.0 Å². The van der Waals surface area contributed by atoms with Crippen molar-refractivity contribution in [2.24, 2.45) is 0 Å². The third-order valence-electron chi connectivity index (χ3n) is 3.40. The molecule has 0 aliphatic carbocycles. The lowest BCUT2D eigenvalue weighted by Gasteiger charge is -2.36. The Bertz CT molecular complexity index is 450. The predicted octanol–water partition coefficient (Wildman–Crippen LogP) is 5.02. The molecule has 1 aromatic carbocycles. The standard InChI is InChI=1S/C13H14BrClF3N/c14-12-9(4-3-5-10(12)15)8-19-7-2-1-6-11(19)13(16,17)18/h3-5,11H,1-2,6-8H2. The summed E-state index contributed by atoms with van der Waals surface area (Å²) in [7, 11) is 0. The molecule has 1 atom stereocenters. The zero-order valence-corrected chi connectivity index (χ0v) is 12.5. The van der Waals surface area contributed by atoms with Gasteiger partial charge >= 0.3 is 6.18 Å². The van der Waals surface area contributed by atoms with E-state index in [9.17, 15) is 13.2 Å². The average Bonchev–Trinajstić information content (AvgIpc) is 2.34. The molecule has 1 aromatic rings. The third-order valence-corrected chi connectivity index (χ3v) is 4.88. The van der Waals surface area contributed by atoms with Gasteiger partial charge in [0.1, 0.15) is 6.04 Å². The van der Waals surface area contributed by atoms with Crippen LogP contribution in [0.5, 0.6) is 0 Å². The monoisotopic (exact) mass is 355 g/mol. The molecule has 0 aromatic heterocycles. The summed E-state index contributed by atoms with van der Waals surface area (Å²) in [6.45, 7) is 0.744. The van der Waals surface area contributed by atoms with E-state index in [-0.39, 0.29) is 13.0 Å². The Balaban J connectivity index is 2.18. The summed E-state index contributed by atoms with van der Waals surface area (Å²) in [5.74, 6) is 0. The summed E-state index contributed by atoms with van der Waals surface area (Å²) in [5, 5.41) is 0.526. The smallest absolute Gasteiger partial charge is 0.288 e. The average molecular weight is 357 g/mol. The molecule has 2 rings (SSSR count). The molecular formula is C13H14BrClF3N. The lowest BCUT2D eigenvalue weighted by atomic mass is 10.0. The van der Waals surface area contributed by atoms with E-state index in [0.717, 1.165) is 12.0 Å². The van der Waals surface area contributed by atoms with E-state index in [0.29, 0.717) is 22.5 Å². The Labute approximate surface area is 123 Å². The van der Waals surface area contributed by atoms with Gasteiger partial charge in [0.25, 0.3) is 0 Å².